The second-order valence-electron chi connectivity index (χ2n) is 5.27. The van der Waals surface area contributed by atoms with E-state index in [1.807, 2.05) is 37.2 Å². The number of H-pyrrole nitrogens is 1. The van der Waals surface area contributed by atoms with E-state index in [1.54, 1.807) is 12.1 Å². The Morgan fingerprint density at radius 2 is 2.23 bits per heavy atom. The van der Waals surface area contributed by atoms with E-state index >= 15 is 0 Å². The Hall–Kier alpha value is -2.34. The van der Waals surface area contributed by atoms with Crippen LogP contribution in [0.25, 0.3) is 11.3 Å². The zero-order valence-electron chi connectivity index (χ0n) is 12.3. The minimum Gasteiger partial charge on any atom is -0.307 e. The number of benzene rings is 1. The molecule has 0 unspecified atom stereocenters. The highest BCUT2D eigenvalue weighted by Crippen LogP contribution is 2.26. The molecule has 1 aliphatic rings. The van der Waals surface area contributed by atoms with Crippen LogP contribution in [0, 0.1) is 0 Å². The van der Waals surface area contributed by atoms with E-state index in [0.717, 1.165) is 5.56 Å². The number of rotatable bonds is 2. The highest BCUT2D eigenvalue weighted by molar-refractivity contribution is 6.33. The molecule has 2 N–H and O–H groups in total. The lowest BCUT2D eigenvalue weighted by Gasteiger charge is -2.11. The van der Waals surface area contributed by atoms with Gasteiger partial charge in [-0.25, -0.2) is 0 Å². The fraction of sp³-hybridized carbons (Fsp3) is 0.267. The van der Waals surface area contributed by atoms with Crippen LogP contribution in [0.3, 0.4) is 0 Å². The molecular formula is C15H16ClN5O. The Bertz CT molecular complexity index is 739. The molecule has 7 heteroatoms. The van der Waals surface area contributed by atoms with Crippen molar-refractivity contribution in [1.82, 2.24) is 20.5 Å². The van der Waals surface area contributed by atoms with Gasteiger partial charge < -0.3 is 5.32 Å². The van der Waals surface area contributed by atoms with Crippen molar-refractivity contribution in [3.8, 4) is 11.3 Å². The van der Waals surface area contributed by atoms with Crippen molar-refractivity contribution in [2.24, 2.45) is 5.10 Å². The average Bonchev–Trinajstić information content (AvgIpc) is 3.07. The van der Waals surface area contributed by atoms with Crippen molar-refractivity contribution >= 4 is 23.3 Å². The summed E-state index contributed by atoms with van der Waals surface area (Å²) < 4.78 is 0. The molecule has 0 fully saturated rings. The highest BCUT2D eigenvalue weighted by Gasteiger charge is 2.22. The molecule has 3 rings (SSSR count). The molecule has 1 aliphatic heterocycles. The third-order valence-electron chi connectivity index (χ3n) is 3.64. The maximum Gasteiger partial charge on any atom is 0.274 e. The lowest BCUT2D eigenvalue weighted by Crippen LogP contribution is -2.30. The van der Waals surface area contributed by atoms with Crippen molar-refractivity contribution in [2.45, 2.75) is 19.4 Å². The smallest absolute Gasteiger partial charge is 0.274 e. The molecular weight excluding hydrogens is 302 g/mol. The summed E-state index contributed by atoms with van der Waals surface area (Å²) >= 11 is 6.14. The number of aromatic amines is 1. The lowest BCUT2D eigenvalue weighted by molar-refractivity contribution is 0.0971. The number of aromatic nitrogens is 2. The molecule has 1 aromatic carbocycles. The van der Waals surface area contributed by atoms with Crippen LogP contribution < -0.4 is 5.32 Å². The first-order chi connectivity index (χ1) is 10.5. The standard InChI is InChI=1S/C15H16ClN5O/c1-9-7-14(20-21(9)2)17-15(22)13-8-12(18-19-13)10-5-3-4-6-11(10)16/h3-6,8-9H,7H2,1-2H3,(H,18,19)(H,17,20,22)/t9-/m1/s1. The predicted octanol–water partition coefficient (Wildman–Crippen LogP) is 2.50. The van der Waals surface area contributed by atoms with Gasteiger partial charge in [0.1, 0.15) is 11.5 Å². The van der Waals surface area contributed by atoms with Crippen LogP contribution in [0.1, 0.15) is 23.8 Å². The summed E-state index contributed by atoms with van der Waals surface area (Å²) in [4.78, 5) is 12.2. The number of nitrogens with one attached hydrogen (secondary N) is 2. The topological polar surface area (TPSA) is 73.4 Å². The zero-order chi connectivity index (χ0) is 15.7. The molecule has 0 aliphatic carbocycles. The van der Waals surface area contributed by atoms with Crippen LogP contribution in [0.5, 0.6) is 0 Å². The first-order valence-corrected chi connectivity index (χ1v) is 7.34. The predicted molar refractivity (Wildman–Crippen MR) is 85.8 cm³/mol. The second kappa shape index (κ2) is 5.81. The van der Waals surface area contributed by atoms with Crippen molar-refractivity contribution in [3.05, 3.63) is 41.0 Å². The molecule has 0 radical (unpaired) electrons. The molecule has 0 spiro atoms. The van der Waals surface area contributed by atoms with E-state index in [2.05, 4.69) is 20.6 Å². The molecule has 1 atom stereocenters. The molecule has 0 saturated carbocycles. The Labute approximate surface area is 133 Å². The molecule has 2 heterocycles. The number of amidine groups is 1. The van der Waals surface area contributed by atoms with Crippen molar-refractivity contribution < 1.29 is 4.79 Å². The number of hydrogen-bond acceptors (Lipinski definition) is 4. The first kappa shape index (κ1) is 14.6. The Balaban J connectivity index is 1.76. The summed E-state index contributed by atoms with van der Waals surface area (Å²) in [6.07, 6.45) is 0.716. The van der Waals surface area contributed by atoms with Gasteiger partial charge in [0.2, 0.25) is 0 Å². The number of halogens is 1. The van der Waals surface area contributed by atoms with Crippen LogP contribution in [-0.2, 0) is 0 Å². The molecule has 1 aromatic heterocycles. The number of amides is 1. The van der Waals surface area contributed by atoms with E-state index in [9.17, 15) is 4.79 Å². The van der Waals surface area contributed by atoms with Crippen LogP contribution in [-0.4, -0.2) is 40.0 Å². The number of carbonyl (C=O) groups is 1. The third-order valence-corrected chi connectivity index (χ3v) is 3.96. The molecule has 114 valence electrons. The molecule has 0 saturated heterocycles. The Morgan fingerprint density at radius 3 is 2.91 bits per heavy atom. The fourth-order valence-corrected chi connectivity index (χ4v) is 2.49. The Morgan fingerprint density at radius 1 is 1.45 bits per heavy atom. The summed E-state index contributed by atoms with van der Waals surface area (Å²) in [6.45, 7) is 2.05. The number of hydrogen-bond donors (Lipinski definition) is 2. The van der Waals surface area contributed by atoms with Crippen LogP contribution >= 0.6 is 11.6 Å². The summed E-state index contributed by atoms with van der Waals surface area (Å²) in [6, 6.07) is 9.34. The van der Waals surface area contributed by atoms with Crippen molar-refractivity contribution in [1.29, 1.82) is 0 Å². The van der Waals surface area contributed by atoms with Crippen LogP contribution in [0.15, 0.2) is 35.4 Å². The van der Waals surface area contributed by atoms with Gasteiger partial charge in [-0.15, -0.1) is 0 Å². The summed E-state index contributed by atoms with van der Waals surface area (Å²) in [7, 11) is 1.88. The third kappa shape index (κ3) is 2.82. The summed E-state index contributed by atoms with van der Waals surface area (Å²) in [5.74, 6) is 0.404. The highest BCUT2D eigenvalue weighted by atomic mass is 35.5. The average molecular weight is 318 g/mol. The minimum absolute atomic E-state index is 0.257. The van der Waals surface area contributed by atoms with E-state index in [4.69, 9.17) is 11.6 Å². The summed E-state index contributed by atoms with van der Waals surface area (Å²) in [5, 5.41) is 16.4. The van der Waals surface area contributed by atoms with Gasteiger partial charge >= 0.3 is 0 Å². The molecule has 0 bridgehead atoms. The van der Waals surface area contributed by atoms with Gasteiger partial charge in [0.05, 0.1) is 16.8 Å². The van der Waals surface area contributed by atoms with E-state index in [1.165, 1.54) is 0 Å². The van der Waals surface area contributed by atoms with Gasteiger partial charge in [-0.2, -0.15) is 10.2 Å². The van der Waals surface area contributed by atoms with Gasteiger partial charge in [0, 0.05) is 19.0 Å². The monoisotopic (exact) mass is 317 g/mol. The van der Waals surface area contributed by atoms with Crippen LogP contribution in [0.2, 0.25) is 5.02 Å². The molecule has 6 nitrogen and oxygen atoms in total. The number of carbonyl (C=O) groups excluding carboxylic acids is 1. The normalized spacial score (nSPS) is 17.5. The zero-order valence-corrected chi connectivity index (χ0v) is 13.1. The molecule has 2 aromatic rings. The SMILES string of the molecule is C[C@@H]1CC(NC(=O)c2cc(-c3ccccc3Cl)n[nH]2)=NN1C. The van der Waals surface area contributed by atoms with E-state index in [-0.39, 0.29) is 11.9 Å². The van der Waals surface area contributed by atoms with Gasteiger partial charge in [-0.05, 0) is 19.1 Å². The van der Waals surface area contributed by atoms with E-state index in [0.29, 0.717) is 28.7 Å². The van der Waals surface area contributed by atoms with Crippen molar-refractivity contribution in [3.63, 3.8) is 0 Å². The molecule has 1 amide bonds. The van der Waals surface area contributed by atoms with Gasteiger partial charge in [0.15, 0.2) is 0 Å². The van der Waals surface area contributed by atoms with Crippen LogP contribution in [0.4, 0.5) is 0 Å². The maximum atomic E-state index is 12.2. The first-order valence-electron chi connectivity index (χ1n) is 6.96. The number of hydrazone groups is 1. The van der Waals surface area contributed by atoms with Crippen molar-refractivity contribution in [2.75, 3.05) is 7.05 Å². The Kier molecular flexibility index (Phi) is 3.85. The minimum atomic E-state index is -0.257. The number of nitrogens with zero attached hydrogens (tertiary/aromatic N) is 3. The fourth-order valence-electron chi connectivity index (χ4n) is 2.26. The quantitative estimate of drug-likeness (QED) is 0.893. The maximum absolute atomic E-state index is 12.2. The van der Waals surface area contributed by atoms with Gasteiger partial charge in [-0.3, -0.25) is 14.9 Å². The van der Waals surface area contributed by atoms with E-state index < -0.39 is 0 Å². The van der Waals surface area contributed by atoms with Gasteiger partial charge in [0.25, 0.3) is 5.91 Å². The largest absolute Gasteiger partial charge is 0.307 e. The second-order valence-corrected chi connectivity index (χ2v) is 5.68. The molecule has 22 heavy (non-hydrogen) atoms. The van der Waals surface area contributed by atoms with Gasteiger partial charge in [-0.1, -0.05) is 29.8 Å². The lowest BCUT2D eigenvalue weighted by atomic mass is 10.1. The summed E-state index contributed by atoms with van der Waals surface area (Å²) in [5.41, 5.74) is 1.79.